The number of aliphatic hydroxyl groups excluding tert-OH is 1. The van der Waals surface area contributed by atoms with Crippen LogP contribution in [-0.2, 0) is 0 Å². The molecule has 0 spiro atoms. The average molecular weight is 224 g/mol. The summed E-state index contributed by atoms with van der Waals surface area (Å²) in [5, 5.41) is 9.14. The van der Waals surface area contributed by atoms with Crippen molar-refractivity contribution in [1.82, 2.24) is 0 Å². The molecule has 2 aliphatic rings. The Labute approximate surface area is 101 Å². The second-order valence-corrected chi connectivity index (χ2v) is 7.10. The molecule has 0 amide bonds. The Morgan fingerprint density at radius 3 is 2.69 bits per heavy atom. The van der Waals surface area contributed by atoms with Gasteiger partial charge in [0.25, 0.3) is 0 Å². The highest BCUT2D eigenvalue weighted by atomic mass is 16.3. The lowest BCUT2D eigenvalue weighted by Gasteiger charge is -2.38. The van der Waals surface area contributed by atoms with Gasteiger partial charge in [-0.25, -0.2) is 0 Å². The third kappa shape index (κ3) is 2.45. The number of rotatable bonds is 3. The molecule has 0 aromatic rings. The van der Waals surface area contributed by atoms with E-state index < -0.39 is 0 Å². The maximum absolute atomic E-state index is 9.14. The SMILES string of the molecule is CC(CO)CC1CCC2C(CCC2(C)C)C1. The van der Waals surface area contributed by atoms with Crippen LogP contribution in [0.4, 0.5) is 0 Å². The van der Waals surface area contributed by atoms with E-state index in [4.69, 9.17) is 5.11 Å². The maximum atomic E-state index is 9.14. The fourth-order valence-electron chi connectivity index (χ4n) is 4.31. The predicted octanol–water partition coefficient (Wildman–Crippen LogP) is 3.86. The van der Waals surface area contributed by atoms with E-state index in [0.717, 1.165) is 17.8 Å². The van der Waals surface area contributed by atoms with Gasteiger partial charge in [0, 0.05) is 6.61 Å². The van der Waals surface area contributed by atoms with Gasteiger partial charge in [-0.15, -0.1) is 0 Å². The second kappa shape index (κ2) is 4.68. The minimum Gasteiger partial charge on any atom is -0.396 e. The Balaban J connectivity index is 1.88. The summed E-state index contributed by atoms with van der Waals surface area (Å²) < 4.78 is 0. The summed E-state index contributed by atoms with van der Waals surface area (Å²) >= 11 is 0. The van der Waals surface area contributed by atoms with Crippen molar-refractivity contribution in [2.75, 3.05) is 6.61 Å². The molecule has 4 unspecified atom stereocenters. The summed E-state index contributed by atoms with van der Waals surface area (Å²) in [6, 6.07) is 0. The van der Waals surface area contributed by atoms with Crippen molar-refractivity contribution in [3.8, 4) is 0 Å². The zero-order valence-electron chi connectivity index (χ0n) is 11.2. The Morgan fingerprint density at radius 2 is 2.00 bits per heavy atom. The highest BCUT2D eigenvalue weighted by Crippen LogP contribution is 2.54. The first-order valence-corrected chi connectivity index (χ1v) is 7.14. The third-order valence-corrected chi connectivity index (χ3v) is 5.30. The van der Waals surface area contributed by atoms with E-state index in [1.807, 2.05) is 0 Å². The van der Waals surface area contributed by atoms with E-state index in [9.17, 15) is 0 Å². The van der Waals surface area contributed by atoms with Crippen molar-refractivity contribution in [1.29, 1.82) is 0 Å². The smallest absolute Gasteiger partial charge is 0.0456 e. The van der Waals surface area contributed by atoms with Gasteiger partial charge in [-0.3, -0.25) is 0 Å². The van der Waals surface area contributed by atoms with Gasteiger partial charge in [0.15, 0.2) is 0 Å². The lowest BCUT2D eigenvalue weighted by atomic mass is 9.67. The zero-order chi connectivity index (χ0) is 11.8. The summed E-state index contributed by atoms with van der Waals surface area (Å²) in [6.07, 6.45) is 8.44. The van der Waals surface area contributed by atoms with E-state index in [1.54, 1.807) is 0 Å². The van der Waals surface area contributed by atoms with Gasteiger partial charge in [-0.1, -0.05) is 27.2 Å². The quantitative estimate of drug-likeness (QED) is 0.772. The van der Waals surface area contributed by atoms with Gasteiger partial charge < -0.3 is 5.11 Å². The van der Waals surface area contributed by atoms with Crippen LogP contribution >= 0.6 is 0 Å². The Bertz CT molecular complexity index is 234. The Morgan fingerprint density at radius 1 is 1.25 bits per heavy atom. The van der Waals surface area contributed by atoms with Gasteiger partial charge in [0.1, 0.15) is 0 Å². The van der Waals surface area contributed by atoms with Crippen molar-refractivity contribution in [2.24, 2.45) is 29.1 Å². The fraction of sp³-hybridized carbons (Fsp3) is 1.00. The molecule has 0 heterocycles. The van der Waals surface area contributed by atoms with Crippen LogP contribution in [0.25, 0.3) is 0 Å². The minimum atomic E-state index is 0.371. The van der Waals surface area contributed by atoms with Crippen LogP contribution in [0.3, 0.4) is 0 Å². The van der Waals surface area contributed by atoms with Crippen LogP contribution < -0.4 is 0 Å². The fourth-order valence-corrected chi connectivity index (χ4v) is 4.31. The highest BCUT2D eigenvalue weighted by Gasteiger charge is 2.44. The molecule has 0 aromatic heterocycles. The molecule has 2 rings (SSSR count). The lowest BCUT2D eigenvalue weighted by molar-refractivity contribution is 0.111. The molecule has 0 bridgehead atoms. The van der Waals surface area contributed by atoms with Crippen molar-refractivity contribution >= 4 is 0 Å². The topological polar surface area (TPSA) is 20.2 Å². The number of aliphatic hydroxyl groups is 1. The largest absolute Gasteiger partial charge is 0.396 e. The standard InChI is InChI=1S/C15H28O/c1-11(10-16)8-12-4-5-14-13(9-12)6-7-15(14,2)3/h11-14,16H,4-10H2,1-3H3. The summed E-state index contributed by atoms with van der Waals surface area (Å²) in [5.74, 6) is 3.40. The Kier molecular flexibility index (Phi) is 3.63. The van der Waals surface area contributed by atoms with Crippen molar-refractivity contribution in [3.63, 3.8) is 0 Å². The number of fused-ring (bicyclic) bond motifs is 1. The molecule has 0 aliphatic heterocycles. The van der Waals surface area contributed by atoms with E-state index in [0.29, 0.717) is 17.9 Å². The van der Waals surface area contributed by atoms with Crippen LogP contribution in [0.1, 0.15) is 59.3 Å². The minimum absolute atomic E-state index is 0.371. The van der Waals surface area contributed by atoms with E-state index in [-0.39, 0.29) is 0 Å². The lowest BCUT2D eigenvalue weighted by Crippen LogP contribution is -2.29. The number of hydrogen-bond acceptors (Lipinski definition) is 1. The van der Waals surface area contributed by atoms with Crippen LogP contribution in [0, 0.1) is 29.1 Å². The molecule has 2 aliphatic carbocycles. The highest BCUT2D eigenvalue weighted by molar-refractivity contribution is 4.94. The first-order valence-electron chi connectivity index (χ1n) is 7.14. The van der Waals surface area contributed by atoms with Gasteiger partial charge in [-0.2, -0.15) is 0 Å². The summed E-state index contributed by atoms with van der Waals surface area (Å²) in [5.41, 5.74) is 0.609. The normalized spacial score (nSPS) is 39.4. The van der Waals surface area contributed by atoms with Crippen LogP contribution in [0.2, 0.25) is 0 Å². The molecular weight excluding hydrogens is 196 g/mol. The molecule has 2 saturated carbocycles. The Hall–Kier alpha value is -0.0400. The van der Waals surface area contributed by atoms with E-state index >= 15 is 0 Å². The molecule has 0 aromatic carbocycles. The van der Waals surface area contributed by atoms with Crippen LogP contribution in [0.5, 0.6) is 0 Å². The van der Waals surface area contributed by atoms with Crippen molar-refractivity contribution in [2.45, 2.75) is 59.3 Å². The molecule has 1 N–H and O–H groups in total. The molecule has 94 valence electrons. The molecule has 1 heteroatoms. The molecule has 1 nitrogen and oxygen atoms in total. The maximum Gasteiger partial charge on any atom is 0.0456 e. The molecule has 4 atom stereocenters. The van der Waals surface area contributed by atoms with Gasteiger partial charge in [0.2, 0.25) is 0 Å². The van der Waals surface area contributed by atoms with Gasteiger partial charge in [-0.05, 0) is 61.2 Å². The van der Waals surface area contributed by atoms with Crippen LogP contribution in [0.15, 0.2) is 0 Å². The number of hydrogen-bond donors (Lipinski definition) is 1. The van der Waals surface area contributed by atoms with E-state index in [1.165, 1.54) is 38.5 Å². The molecule has 16 heavy (non-hydrogen) atoms. The summed E-state index contributed by atoms with van der Waals surface area (Å²) in [7, 11) is 0. The molecule has 0 saturated heterocycles. The average Bonchev–Trinajstić information content (AvgIpc) is 2.54. The molecule has 0 radical (unpaired) electrons. The van der Waals surface area contributed by atoms with E-state index in [2.05, 4.69) is 20.8 Å². The summed E-state index contributed by atoms with van der Waals surface area (Å²) in [4.78, 5) is 0. The summed E-state index contributed by atoms with van der Waals surface area (Å²) in [6.45, 7) is 7.49. The van der Waals surface area contributed by atoms with Gasteiger partial charge >= 0.3 is 0 Å². The first-order chi connectivity index (χ1) is 7.53. The second-order valence-electron chi connectivity index (χ2n) is 7.10. The van der Waals surface area contributed by atoms with Crippen LogP contribution in [-0.4, -0.2) is 11.7 Å². The monoisotopic (exact) mass is 224 g/mol. The van der Waals surface area contributed by atoms with Crippen molar-refractivity contribution in [3.05, 3.63) is 0 Å². The molecular formula is C15H28O. The first kappa shape index (κ1) is 12.4. The molecule has 2 fully saturated rings. The van der Waals surface area contributed by atoms with Gasteiger partial charge in [0.05, 0.1) is 0 Å². The predicted molar refractivity (Wildman–Crippen MR) is 68.2 cm³/mol. The van der Waals surface area contributed by atoms with Crippen molar-refractivity contribution < 1.29 is 5.11 Å². The third-order valence-electron chi connectivity index (χ3n) is 5.30. The zero-order valence-corrected chi connectivity index (χ0v) is 11.2.